The van der Waals surface area contributed by atoms with Gasteiger partial charge in [-0.2, -0.15) is 0 Å². The molecule has 0 aliphatic heterocycles. The number of benzene rings is 1. The molecule has 0 aliphatic carbocycles. The molecule has 1 aromatic rings. The number of hydrogen-bond donors (Lipinski definition) is 1. The summed E-state index contributed by atoms with van der Waals surface area (Å²) in [7, 11) is 1.53. The van der Waals surface area contributed by atoms with Crippen LogP contribution in [-0.2, 0) is 4.74 Å². The minimum Gasteiger partial charge on any atom is -0.496 e. The third-order valence-corrected chi connectivity index (χ3v) is 2.83. The summed E-state index contributed by atoms with van der Waals surface area (Å²) in [5.41, 5.74) is 6.78. The Morgan fingerprint density at radius 1 is 1.37 bits per heavy atom. The average molecular weight is 266 g/mol. The fourth-order valence-corrected chi connectivity index (χ4v) is 1.78. The van der Waals surface area contributed by atoms with Crippen molar-refractivity contribution < 1.29 is 14.3 Å². The summed E-state index contributed by atoms with van der Waals surface area (Å²) >= 11 is 0. The van der Waals surface area contributed by atoms with Gasteiger partial charge in [0, 0.05) is 31.5 Å². The van der Waals surface area contributed by atoms with E-state index in [0.717, 1.165) is 0 Å². The van der Waals surface area contributed by atoms with Gasteiger partial charge in [0.15, 0.2) is 0 Å². The van der Waals surface area contributed by atoms with Crippen molar-refractivity contribution in [3.05, 3.63) is 23.8 Å². The van der Waals surface area contributed by atoms with Crippen LogP contribution in [0, 0.1) is 0 Å². The van der Waals surface area contributed by atoms with E-state index in [1.807, 2.05) is 13.8 Å². The fraction of sp³-hybridized carbons (Fsp3) is 0.500. The molecule has 5 nitrogen and oxygen atoms in total. The smallest absolute Gasteiger partial charge is 0.257 e. The number of hydrogen-bond acceptors (Lipinski definition) is 4. The number of likely N-dealkylation sites (N-methyl/N-ethyl adjacent to an activating group) is 1. The Morgan fingerprint density at radius 2 is 2.11 bits per heavy atom. The summed E-state index contributed by atoms with van der Waals surface area (Å²) in [6.07, 6.45) is 0. The molecule has 0 aromatic heterocycles. The Hall–Kier alpha value is -1.75. The van der Waals surface area contributed by atoms with Crippen molar-refractivity contribution >= 4 is 11.6 Å². The molecule has 0 atom stereocenters. The first kappa shape index (κ1) is 15.3. The molecular formula is C14H22N2O3. The monoisotopic (exact) mass is 266 g/mol. The second-order valence-corrected chi connectivity index (χ2v) is 4.04. The zero-order valence-electron chi connectivity index (χ0n) is 11.8. The lowest BCUT2D eigenvalue weighted by molar-refractivity contribution is 0.0666. The number of rotatable bonds is 7. The van der Waals surface area contributed by atoms with Crippen molar-refractivity contribution in [2.45, 2.75) is 13.8 Å². The van der Waals surface area contributed by atoms with Crippen molar-refractivity contribution in [3.63, 3.8) is 0 Å². The van der Waals surface area contributed by atoms with E-state index in [1.165, 1.54) is 7.11 Å². The van der Waals surface area contributed by atoms with Gasteiger partial charge in [0.25, 0.3) is 5.91 Å². The number of methoxy groups -OCH3 is 1. The molecule has 2 N–H and O–H groups in total. The van der Waals surface area contributed by atoms with E-state index in [-0.39, 0.29) is 5.91 Å². The van der Waals surface area contributed by atoms with Crippen LogP contribution in [0.25, 0.3) is 0 Å². The number of ether oxygens (including phenoxy) is 2. The molecule has 0 radical (unpaired) electrons. The Labute approximate surface area is 114 Å². The maximum absolute atomic E-state index is 12.4. The van der Waals surface area contributed by atoms with E-state index in [9.17, 15) is 4.79 Å². The van der Waals surface area contributed by atoms with Crippen LogP contribution in [0.1, 0.15) is 24.2 Å². The lowest BCUT2D eigenvalue weighted by Gasteiger charge is -2.22. The topological polar surface area (TPSA) is 64.8 Å². The number of nitrogens with two attached hydrogens (primary N) is 1. The predicted molar refractivity (Wildman–Crippen MR) is 75.5 cm³/mol. The van der Waals surface area contributed by atoms with E-state index >= 15 is 0 Å². The van der Waals surface area contributed by atoms with Crippen LogP contribution in [-0.4, -0.2) is 44.2 Å². The minimum atomic E-state index is -0.0703. The molecule has 0 heterocycles. The van der Waals surface area contributed by atoms with Crippen LogP contribution in [0.15, 0.2) is 18.2 Å². The Morgan fingerprint density at radius 3 is 2.68 bits per heavy atom. The highest BCUT2D eigenvalue weighted by Gasteiger charge is 2.18. The zero-order valence-corrected chi connectivity index (χ0v) is 11.8. The van der Waals surface area contributed by atoms with E-state index in [4.69, 9.17) is 15.2 Å². The van der Waals surface area contributed by atoms with Gasteiger partial charge >= 0.3 is 0 Å². The molecule has 0 bridgehead atoms. The quantitative estimate of drug-likeness (QED) is 0.603. The molecule has 0 aliphatic rings. The second-order valence-electron chi connectivity index (χ2n) is 4.04. The van der Waals surface area contributed by atoms with Crippen molar-refractivity contribution in [1.29, 1.82) is 0 Å². The normalized spacial score (nSPS) is 10.3. The van der Waals surface area contributed by atoms with Crippen LogP contribution < -0.4 is 10.5 Å². The number of carbonyl (C=O) groups excluding carboxylic acids is 1. The summed E-state index contributed by atoms with van der Waals surface area (Å²) in [4.78, 5) is 14.1. The van der Waals surface area contributed by atoms with Gasteiger partial charge in [0.05, 0.1) is 19.3 Å². The summed E-state index contributed by atoms with van der Waals surface area (Å²) in [5, 5.41) is 0. The lowest BCUT2D eigenvalue weighted by Crippen LogP contribution is -2.34. The summed E-state index contributed by atoms with van der Waals surface area (Å²) in [6, 6.07) is 5.05. The van der Waals surface area contributed by atoms with Gasteiger partial charge in [-0.15, -0.1) is 0 Å². The Bertz CT molecular complexity index is 421. The van der Waals surface area contributed by atoms with Crippen LogP contribution >= 0.6 is 0 Å². The fourth-order valence-electron chi connectivity index (χ4n) is 1.78. The number of amides is 1. The zero-order chi connectivity index (χ0) is 14.3. The highest BCUT2D eigenvalue weighted by molar-refractivity contribution is 5.97. The van der Waals surface area contributed by atoms with E-state index in [1.54, 1.807) is 23.1 Å². The number of nitrogens with zero attached hydrogens (tertiary/aromatic N) is 1. The van der Waals surface area contributed by atoms with Gasteiger partial charge in [0.1, 0.15) is 5.75 Å². The molecule has 106 valence electrons. The van der Waals surface area contributed by atoms with E-state index in [0.29, 0.717) is 43.3 Å². The third kappa shape index (κ3) is 4.13. The standard InChI is InChI=1S/C14H22N2O3/c1-4-16(8-9-19-5-2)14(17)12-7-6-11(15)10-13(12)18-3/h6-7,10H,4-5,8-9,15H2,1-3H3. The molecule has 1 aromatic carbocycles. The molecule has 0 saturated carbocycles. The summed E-state index contributed by atoms with van der Waals surface area (Å²) < 4.78 is 10.5. The molecule has 0 fully saturated rings. The van der Waals surface area contributed by atoms with Gasteiger partial charge in [0.2, 0.25) is 0 Å². The molecule has 19 heavy (non-hydrogen) atoms. The first-order chi connectivity index (χ1) is 9.13. The SMILES string of the molecule is CCOCCN(CC)C(=O)c1ccc(N)cc1OC. The van der Waals surface area contributed by atoms with Gasteiger partial charge < -0.3 is 20.1 Å². The van der Waals surface area contributed by atoms with Crippen molar-refractivity contribution in [1.82, 2.24) is 4.90 Å². The largest absolute Gasteiger partial charge is 0.496 e. The summed E-state index contributed by atoms with van der Waals surface area (Å²) in [5.74, 6) is 0.430. The molecule has 0 unspecified atom stereocenters. The summed E-state index contributed by atoms with van der Waals surface area (Å²) in [6.45, 7) is 6.25. The maximum Gasteiger partial charge on any atom is 0.257 e. The number of carbonyl (C=O) groups is 1. The predicted octanol–water partition coefficient (Wildman–Crippen LogP) is 1.78. The lowest BCUT2D eigenvalue weighted by atomic mass is 10.1. The first-order valence-corrected chi connectivity index (χ1v) is 6.44. The van der Waals surface area contributed by atoms with E-state index < -0.39 is 0 Å². The molecular weight excluding hydrogens is 244 g/mol. The van der Waals surface area contributed by atoms with Gasteiger partial charge in [-0.1, -0.05) is 0 Å². The molecule has 1 amide bonds. The van der Waals surface area contributed by atoms with Crippen LogP contribution in [0.5, 0.6) is 5.75 Å². The first-order valence-electron chi connectivity index (χ1n) is 6.44. The third-order valence-electron chi connectivity index (χ3n) is 2.83. The van der Waals surface area contributed by atoms with Crippen molar-refractivity contribution in [2.75, 3.05) is 39.1 Å². The number of anilines is 1. The minimum absolute atomic E-state index is 0.0703. The Kier molecular flexibility index (Phi) is 6.15. The van der Waals surface area contributed by atoms with Crippen LogP contribution in [0.3, 0.4) is 0 Å². The Balaban J connectivity index is 2.84. The second kappa shape index (κ2) is 7.63. The molecule has 5 heteroatoms. The van der Waals surface area contributed by atoms with Crippen LogP contribution in [0.4, 0.5) is 5.69 Å². The van der Waals surface area contributed by atoms with Gasteiger partial charge in [-0.05, 0) is 26.0 Å². The molecule has 0 spiro atoms. The maximum atomic E-state index is 12.4. The molecule has 0 saturated heterocycles. The van der Waals surface area contributed by atoms with Gasteiger partial charge in [-0.25, -0.2) is 0 Å². The average Bonchev–Trinajstić information content (AvgIpc) is 2.43. The molecule has 1 rings (SSSR count). The van der Waals surface area contributed by atoms with E-state index in [2.05, 4.69) is 0 Å². The van der Waals surface area contributed by atoms with Crippen molar-refractivity contribution in [2.24, 2.45) is 0 Å². The van der Waals surface area contributed by atoms with Gasteiger partial charge in [-0.3, -0.25) is 4.79 Å². The highest BCUT2D eigenvalue weighted by atomic mass is 16.5. The number of nitrogen functional groups attached to an aromatic ring is 1. The highest BCUT2D eigenvalue weighted by Crippen LogP contribution is 2.22. The van der Waals surface area contributed by atoms with Crippen molar-refractivity contribution in [3.8, 4) is 5.75 Å². The van der Waals surface area contributed by atoms with Crippen LogP contribution in [0.2, 0.25) is 0 Å².